The second-order valence-corrected chi connectivity index (χ2v) is 12.9. The lowest BCUT2D eigenvalue weighted by Crippen LogP contribution is -2.55. The molecule has 4 heteroatoms. The van der Waals surface area contributed by atoms with Gasteiger partial charge in [0.2, 0.25) is 0 Å². The van der Waals surface area contributed by atoms with E-state index in [1.54, 1.807) is 0 Å². The molecule has 0 aromatic heterocycles. The Hall–Kier alpha value is -0.380. The molecule has 0 radical (unpaired) electrons. The Balaban J connectivity index is 1.77. The van der Waals surface area contributed by atoms with Crippen molar-refractivity contribution in [2.45, 2.75) is 104 Å². The van der Waals surface area contributed by atoms with Crippen LogP contribution in [0.3, 0.4) is 0 Å². The van der Waals surface area contributed by atoms with Crippen molar-refractivity contribution >= 4 is 27.7 Å². The fraction of sp³-hybridized carbons (Fsp3) is 0.923. The number of ketones is 1. The minimum absolute atomic E-state index is 0.0998. The lowest BCUT2D eigenvalue weighted by Gasteiger charge is -2.57. The van der Waals surface area contributed by atoms with Gasteiger partial charge in [-0.05, 0) is 79.4 Å². The van der Waals surface area contributed by atoms with Crippen LogP contribution in [0.2, 0.25) is 0 Å². The van der Waals surface area contributed by atoms with Crippen molar-refractivity contribution in [3.05, 3.63) is 0 Å². The molecule has 3 fully saturated rings. The van der Waals surface area contributed by atoms with Gasteiger partial charge in [-0.25, -0.2) is 0 Å². The topological polar surface area (TPSA) is 54.4 Å². The highest BCUT2D eigenvalue weighted by Gasteiger charge is 2.61. The van der Waals surface area contributed by atoms with Crippen molar-refractivity contribution in [1.29, 1.82) is 0 Å². The Kier molecular flexibility index (Phi) is 7.47. The summed E-state index contributed by atoms with van der Waals surface area (Å²) >= 11 is 3.71. The summed E-state index contributed by atoms with van der Waals surface area (Å²) in [6, 6.07) is 0. The molecular weight excluding hydrogens is 440 g/mol. The van der Waals surface area contributed by atoms with Gasteiger partial charge in [0.05, 0.1) is 4.83 Å². The molecule has 3 aliphatic carbocycles. The van der Waals surface area contributed by atoms with Crippen LogP contribution in [0.1, 0.15) is 98.8 Å². The van der Waals surface area contributed by atoms with Crippen LogP contribution in [0.15, 0.2) is 0 Å². The zero-order valence-corrected chi connectivity index (χ0v) is 21.3. The number of carbonyl (C=O) groups excluding carboxylic acids is 1. The summed E-state index contributed by atoms with van der Waals surface area (Å²) in [6.45, 7) is 11.8. The van der Waals surface area contributed by atoms with Gasteiger partial charge in [0.15, 0.2) is 5.78 Å². The molecule has 0 saturated heterocycles. The highest BCUT2D eigenvalue weighted by Crippen LogP contribution is 2.66. The van der Waals surface area contributed by atoms with Gasteiger partial charge >= 0.3 is 5.97 Å². The zero-order valence-electron chi connectivity index (χ0n) is 19.8. The number of carbonyl (C=O) groups is 2. The molecule has 8 atom stereocenters. The standard InChI is InChI=1S/C26H43BrO3/c1-16(2)7-6-8-17(3)19-9-10-20-18-15-22(27)24(30)26(5,14-12-23(28)29)21(18)11-13-25(19,20)4/h16-22H,6-15H2,1-5H3,(H,28,29)/t17-,18-,19-,20+,21+,22-,25+,26+/m0/s1. The van der Waals surface area contributed by atoms with E-state index < -0.39 is 11.4 Å². The summed E-state index contributed by atoms with van der Waals surface area (Å²) < 4.78 is 0. The quantitative estimate of drug-likeness (QED) is 0.374. The number of Topliss-reactive ketones (excluding diaryl/α,β-unsaturated/α-hetero) is 1. The number of rotatable bonds is 8. The normalized spacial score (nSPS) is 42.1. The Morgan fingerprint density at radius 2 is 1.83 bits per heavy atom. The minimum Gasteiger partial charge on any atom is -0.481 e. The molecule has 0 aromatic rings. The van der Waals surface area contributed by atoms with Gasteiger partial charge in [-0.1, -0.05) is 69.8 Å². The van der Waals surface area contributed by atoms with E-state index in [2.05, 4.69) is 50.5 Å². The first-order valence-corrected chi connectivity index (χ1v) is 13.3. The first-order valence-electron chi connectivity index (χ1n) is 12.4. The summed E-state index contributed by atoms with van der Waals surface area (Å²) in [5.74, 6) is 3.43. The van der Waals surface area contributed by atoms with Gasteiger partial charge in [0.1, 0.15) is 0 Å². The van der Waals surface area contributed by atoms with E-state index >= 15 is 0 Å². The van der Waals surface area contributed by atoms with Crippen LogP contribution in [-0.4, -0.2) is 21.7 Å². The molecule has 0 bridgehead atoms. The van der Waals surface area contributed by atoms with Gasteiger partial charge in [-0.2, -0.15) is 0 Å². The molecule has 172 valence electrons. The number of halogens is 1. The van der Waals surface area contributed by atoms with E-state index in [9.17, 15) is 14.7 Å². The molecule has 0 spiro atoms. The second kappa shape index (κ2) is 9.24. The van der Waals surface area contributed by atoms with Gasteiger partial charge in [0.25, 0.3) is 0 Å². The molecule has 0 heterocycles. The number of aliphatic carboxylic acids is 1. The third-order valence-electron chi connectivity index (χ3n) is 9.64. The van der Waals surface area contributed by atoms with Crippen molar-refractivity contribution < 1.29 is 14.7 Å². The van der Waals surface area contributed by atoms with Crippen LogP contribution in [0.4, 0.5) is 0 Å². The van der Waals surface area contributed by atoms with Crippen molar-refractivity contribution in [2.24, 2.45) is 46.3 Å². The lowest BCUT2D eigenvalue weighted by atomic mass is 9.48. The van der Waals surface area contributed by atoms with E-state index in [0.29, 0.717) is 29.6 Å². The summed E-state index contributed by atoms with van der Waals surface area (Å²) in [5, 5.41) is 9.28. The fourth-order valence-electron chi connectivity index (χ4n) is 7.99. The first-order chi connectivity index (χ1) is 14.0. The summed E-state index contributed by atoms with van der Waals surface area (Å²) in [7, 11) is 0. The Morgan fingerprint density at radius 1 is 1.13 bits per heavy atom. The molecule has 1 N–H and O–H groups in total. The van der Waals surface area contributed by atoms with Gasteiger partial charge in [0, 0.05) is 11.8 Å². The van der Waals surface area contributed by atoms with Crippen molar-refractivity contribution in [2.75, 3.05) is 0 Å². The van der Waals surface area contributed by atoms with E-state index in [4.69, 9.17) is 0 Å². The molecule has 0 aliphatic heterocycles. The van der Waals surface area contributed by atoms with Gasteiger partial charge in [-0.3, -0.25) is 9.59 Å². The maximum absolute atomic E-state index is 13.2. The first kappa shape index (κ1) is 24.3. The molecule has 3 rings (SSSR count). The van der Waals surface area contributed by atoms with Crippen molar-refractivity contribution in [1.82, 2.24) is 0 Å². The third-order valence-corrected chi connectivity index (χ3v) is 10.4. The van der Waals surface area contributed by atoms with Crippen LogP contribution in [-0.2, 0) is 9.59 Å². The van der Waals surface area contributed by atoms with E-state index in [1.807, 2.05) is 0 Å². The number of alkyl halides is 1. The van der Waals surface area contributed by atoms with Crippen LogP contribution >= 0.6 is 15.9 Å². The smallest absolute Gasteiger partial charge is 0.303 e. The Bertz CT molecular complexity index is 646. The maximum Gasteiger partial charge on any atom is 0.303 e. The van der Waals surface area contributed by atoms with Gasteiger partial charge < -0.3 is 5.11 Å². The fourth-order valence-corrected chi connectivity index (χ4v) is 8.95. The van der Waals surface area contributed by atoms with Crippen LogP contribution in [0, 0.1) is 46.3 Å². The predicted molar refractivity (Wildman–Crippen MR) is 126 cm³/mol. The van der Waals surface area contributed by atoms with E-state index in [-0.39, 0.29) is 17.0 Å². The molecular formula is C26H43BrO3. The number of fused-ring (bicyclic) bond motifs is 3. The Labute approximate surface area is 192 Å². The van der Waals surface area contributed by atoms with Crippen molar-refractivity contribution in [3.63, 3.8) is 0 Å². The largest absolute Gasteiger partial charge is 0.481 e. The molecule has 3 nitrogen and oxygen atoms in total. The lowest BCUT2D eigenvalue weighted by molar-refractivity contribution is -0.147. The number of hydrogen-bond donors (Lipinski definition) is 1. The average molecular weight is 484 g/mol. The SMILES string of the molecule is CC(C)CCC[C@H](C)[C@@H]1CC[C@@H]2[C@@H]3C[C@H](Br)C(=O)[C@](C)(CCC(=O)O)[C@@H]3CC[C@@]21C. The molecule has 3 aliphatic rings. The molecule has 3 saturated carbocycles. The molecule has 30 heavy (non-hydrogen) atoms. The van der Waals surface area contributed by atoms with Crippen LogP contribution in [0.25, 0.3) is 0 Å². The number of hydrogen-bond acceptors (Lipinski definition) is 2. The highest BCUT2D eigenvalue weighted by atomic mass is 79.9. The van der Waals surface area contributed by atoms with Crippen LogP contribution < -0.4 is 0 Å². The molecule has 0 amide bonds. The molecule has 0 unspecified atom stereocenters. The maximum atomic E-state index is 13.2. The monoisotopic (exact) mass is 482 g/mol. The minimum atomic E-state index is -0.783. The zero-order chi connectivity index (χ0) is 22.3. The van der Waals surface area contributed by atoms with E-state index in [0.717, 1.165) is 30.6 Å². The predicted octanol–water partition coefficient (Wildman–Crippen LogP) is 7.11. The average Bonchev–Trinajstić information content (AvgIpc) is 3.02. The second-order valence-electron chi connectivity index (χ2n) is 11.8. The number of carboxylic acid groups (broad SMARTS) is 1. The molecule has 0 aromatic carbocycles. The highest BCUT2D eigenvalue weighted by molar-refractivity contribution is 9.10. The summed E-state index contributed by atoms with van der Waals surface area (Å²) in [5.41, 5.74) is -0.100. The number of carboxylic acids is 1. The Morgan fingerprint density at radius 3 is 2.47 bits per heavy atom. The summed E-state index contributed by atoms with van der Waals surface area (Å²) in [6.07, 6.45) is 10.5. The summed E-state index contributed by atoms with van der Waals surface area (Å²) in [4.78, 5) is 24.4. The van der Waals surface area contributed by atoms with Gasteiger partial charge in [-0.15, -0.1) is 0 Å². The third kappa shape index (κ3) is 4.41. The van der Waals surface area contributed by atoms with Crippen molar-refractivity contribution in [3.8, 4) is 0 Å². The van der Waals surface area contributed by atoms with Crippen LogP contribution in [0.5, 0.6) is 0 Å². The van der Waals surface area contributed by atoms with E-state index in [1.165, 1.54) is 38.5 Å².